The second-order valence-corrected chi connectivity index (χ2v) is 12.3. The summed E-state index contributed by atoms with van der Waals surface area (Å²) < 4.78 is 0. The molecule has 0 N–H and O–H groups in total. The first-order valence-electron chi connectivity index (χ1n) is 16.7. The summed E-state index contributed by atoms with van der Waals surface area (Å²) in [6.45, 7) is 0. The van der Waals surface area contributed by atoms with Gasteiger partial charge in [-0.05, 0) is 67.1 Å². The average molecular weight is 639 g/mol. The maximum atomic E-state index is 5.04. The van der Waals surface area contributed by atoms with E-state index < -0.39 is 0 Å². The van der Waals surface area contributed by atoms with Crippen LogP contribution in [-0.2, 0) is 0 Å². The molecule has 0 saturated heterocycles. The highest BCUT2D eigenvalue weighted by Gasteiger charge is 2.14. The second kappa shape index (κ2) is 12.7. The molecule has 4 heteroatoms. The number of aromatic nitrogens is 4. The summed E-state index contributed by atoms with van der Waals surface area (Å²) in [5.41, 5.74) is 9.71. The molecule has 0 fully saturated rings. The van der Waals surface area contributed by atoms with Gasteiger partial charge in [-0.15, -0.1) is 0 Å². The molecule has 2 heterocycles. The highest BCUT2D eigenvalue weighted by atomic mass is 15.0. The third kappa shape index (κ3) is 5.59. The van der Waals surface area contributed by atoms with Gasteiger partial charge in [-0.25, -0.2) is 15.0 Å². The molecule has 0 spiro atoms. The summed E-state index contributed by atoms with van der Waals surface area (Å²) in [6, 6.07) is 59.3. The Bertz CT molecular complexity index is 2460. The molecular formula is C46H30N4. The van der Waals surface area contributed by atoms with Crippen molar-refractivity contribution < 1.29 is 0 Å². The summed E-state index contributed by atoms with van der Waals surface area (Å²) >= 11 is 0. The first-order valence-corrected chi connectivity index (χ1v) is 16.7. The van der Waals surface area contributed by atoms with E-state index in [2.05, 4.69) is 163 Å². The van der Waals surface area contributed by atoms with Crippen molar-refractivity contribution in [2.45, 2.75) is 0 Å². The zero-order valence-corrected chi connectivity index (χ0v) is 27.1. The third-order valence-electron chi connectivity index (χ3n) is 9.28. The Morgan fingerprint density at radius 2 is 0.600 bits per heavy atom. The number of pyridine rings is 1. The summed E-state index contributed by atoms with van der Waals surface area (Å²) in [7, 11) is 0. The van der Waals surface area contributed by atoms with Crippen LogP contribution in [-0.4, -0.2) is 19.9 Å². The van der Waals surface area contributed by atoms with Gasteiger partial charge in [-0.1, -0.05) is 158 Å². The van der Waals surface area contributed by atoms with Crippen molar-refractivity contribution in [3.63, 3.8) is 0 Å². The molecule has 0 aliphatic heterocycles. The predicted molar refractivity (Wildman–Crippen MR) is 205 cm³/mol. The van der Waals surface area contributed by atoms with Crippen molar-refractivity contribution in [2.24, 2.45) is 0 Å². The van der Waals surface area contributed by atoms with Gasteiger partial charge in [-0.2, -0.15) is 0 Å². The molecule has 0 unspecified atom stereocenters. The lowest BCUT2D eigenvalue weighted by Crippen LogP contribution is -2.00. The lowest BCUT2D eigenvalue weighted by Gasteiger charge is -2.11. The fraction of sp³-hybridized carbons (Fsp3) is 0. The normalized spacial score (nSPS) is 11.2. The average Bonchev–Trinajstić information content (AvgIpc) is 3.21. The van der Waals surface area contributed by atoms with E-state index >= 15 is 0 Å². The zero-order valence-electron chi connectivity index (χ0n) is 27.1. The molecule has 0 aliphatic rings. The molecule has 0 bridgehead atoms. The topological polar surface area (TPSA) is 51.6 Å². The minimum absolute atomic E-state index is 0.627. The molecule has 4 nitrogen and oxygen atoms in total. The Hall–Kier alpha value is -6.78. The van der Waals surface area contributed by atoms with Crippen LogP contribution in [0.2, 0.25) is 0 Å². The summed E-state index contributed by atoms with van der Waals surface area (Å²) in [6.07, 6.45) is 3.62. The lowest BCUT2D eigenvalue weighted by atomic mass is 9.97. The molecule has 234 valence electrons. The van der Waals surface area contributed by atoms with E-state index in [1.54, 1.807) is 0 Å². The second-order valence-electron chi connectivity index (χ2n) is 12.3. The monoisotopic (exact) mass is 638 g/mol. The van der Waals surface area contributed by atoms with Crippen LogP contribution < -0.4 is 0 Å². The Labute approximate surface area is 290 Å². The molecule has 9 rings (SSSR count). The van der Waals surface area contributed by atoms with Gasteiger partial charge in [-0.3, -0.25) is 4.98 Å². The molecular weight excluding hydrogens is 609 g/mol. The van der Waals surface area contributed by atoms with Gasteiger partial charge in [0.25, 0.3) is 0 Å². The van der Waals surface area contributed by atoms with E-state index in [9.17, 15) is 0 Å². The van der Waals surface area contributed by atoms with Gasteiger partial charge < -0.3 is 0 Å². The molecule has 9 aromatic rings. The van der Waals surface area contributed by atoms with Gasteiger partial charge in [0.2, 0.25) is 0 Å². The van der Waals surface area contributed by atoms with Gasteiger partial charge in [0, 0.05) is 29.1 Å². The smallest absolute Gasteiger partial charge is 0.164 e. The van der Waals surface area contributed by atoms with Crippen LogP contribution in [0.15, 0.2) is 182 Å². The van der Waals surface area contributed by atoms with Crippen molar-refractivity contribution in [2.75, 3.05) is 0 Å². The van der Waals surface area contributed by atoms with Crippen LogP contribution >= 0.6 is 0 Å². The highest BCUT2D eigenvalue weighted by molar-refractivity contribution is 5.98. The minimum atomic E-state index is 0.627. The maximum absolute atomic E-state index is 5.04. The number of fused-ring (bicyclic) bond motifs is 2. The highest BCUT2D eigenvalue weighted by Crippen LogP contribution is 2.33. The first-order chi connectivity index (χ1) is 24.8. The third-order valence-corrected chi connectivity index (χ3v) is 9.28. The van der Waals surface area contributed by atoms with E-state index in [1.165, 1.54) is 32.7 Å². The molecule has 0 aliphatic carbocycles. The first kappa shape index (κ1) is 29.4. The fourth-order valence-corrected chi connectivity index (χ4v) is 6.67. The lowest BCUT2D eigenvalue weighted by molar-refractivity contribution is 1.07. The van der Waals surface area contributed by atoms with E-state index in [-0.39, 0.29) is 0 Å². The molecule has 0 saturated carbocycles. The largest absolute Gasteiger partial charge is 0.265 e. The van der Waals surface area contributed by atoms with Crippen LogP contribution in [0.5, 0.6) is 0 Å². The number of benzene rings is 7. The fourth-order valence-electron chi connectivity index (χ4n) is 6.67. The summed E-state index contributed by atoms with van der Waals surface area (Å²) in [4.78, 5) is 19.2. The molecule has 2 aromatic heterocycles. The van der Waals surface area contributed by atoms with E-state index in [1.807, 2.05) is 24.5 Å². The van der Waals surface area contributed by atoms with Crippen LogP contribution in [0, 0.1) is 0 Å². The molecule has 0 atom stereocenters. The van der Waals surface area contributed by atoms with Crippen molar-refractivity contribution in [1.82, 2.24) is 19.9 Å². The van der Waals surface area contributed by atoms with E-state index in [4.69, 9.17) is 15.0 Å². The van der Waals surface area contributed by atoms with Crippen molar-refractivity contribution in [3.05, 3.63) is 182 Å². The molecule has 0 amide bonds. The van der Waals surface area contributed by atoms with Gasteiger partial charge in [0.15, 0.2) is 17.5 Å². The van der Waals surface area contributed by atoms with Crippen LogP contribution in [0.3, 0.4) is 0 Å². The van der Waals surface area contributed by atoms with E-state index in [0.29, 0.717) is 17.5 Å². The van der Waals surface area contributed by atoms with Crippen LogP contribution in [0.1, 0.15) is 0 Å². The molecule has 7 aromatic carbocycles. The molecule has 50 heavy (non-hydrogen) atoms. The van der Waals surface area contributed by atoms with Crippen molar-refractivity contribution in [1.29, 1.82) is 0 Å². The Morgan fingerprint density at radius 3 is 1.04 bits per heavy atom. The minimum Gasteiger partial charge on any atom is -0.265 e. The zero-order chi connectivity index (χ0) is 33.3. The standard InChI is InChI=1S/C46H30N4/c1-3-11-40-33(7-1)9-5-13-42(40)35-17-23-38(24-18-35)45-48-44(37-21-15-31(16-22-37)32-27-29-47-30-28-32)49-46(50-45)39-25-19-36(20-26-39)43-14-6-10-34-8-2-4-12-41(34)43/h1-30H. The van der Waals surface area contributed by atoms with E-state index in [0.717, 1.165) is 38.9 Å². The Balaban J connectivity index is 1.12. The Morgan fingerprint density at radius 1 is 0.260 bits per heavy atom. The van der Waals surface area contributed by atoms with Crippen molar-refractivity contribution in [3.8, 4) is 67.5 Å². The van der Waals surface area contributed by atoms with Gasteiger partial charge in [0.05, 0.1) is 0 Å². The SMILES string of the molecule is c1ccc2c(-c3ccc(-c4nc(-c5ccc(-c6ccncc6)cc5)nc(-c5ccc(-c6cccc7ccccc67)cc5)n4)cc3)cccc2c1. The summed E-state index contributed by atoms with van der Waals surface area (Å²) in [5.74, 6) is 1.89. The quantitative estimate of drug-likeness (QED) is 0.182. The van der Waals surface area contributed by atoms with Gasteiger partial charge in [0.1, 0.15) is 0 Å². The number of hydrogen-bond donors (Lipinski definition) is 0. The van der Waals surface area contributed by atoms with Crippen LogP contribution in [0.25, 0.3) is 89.1 Å². The summed E-state index contributed by atoms with van der Waals surface area (Å²) in [5, 5.41) is 4.91. The van der Waals surface area contributed by atoms with Gasteiger partial charge >= 0.3 is 0 Å². The predicted octanol–water partition coefficient (Wildman–Crippen LogP) is 11.6. The Kier molecular flexibility index (Phi) is 7.45. The number of hydrogen-bond acceptors (Lipinski definition) is 4. The number of nitrogens with zero attached hydrogens (tertiary/aromatic N) is 4. The van der Waals surface area contributed by atoms with Crippen molar-refractivity contribution >= 4 is 21.5 Å². The van der Waals surface area contributed by atoms with Crippen LogP contribution in [0.4, 0.5) is 0 Å². The number of rotatable bonds is 6. The maximum Gasteiger partial charge on any atom is 0.164 e. The molecule has 0 radical (unpaired) electrons.